The number of anilines is 1. The van der Waals surface area contributed by atoms with Crippen LogP contribution in [-0.2, 0) is 4.79 Å². The summed E-state index contributed by atoms with van der Waals surface area (Å²) >= 11 is 2.67. The third kappa shape index (κ3) is 5.13. The molecule has 0 unspecified atom stereocenters. The summed E-state index contributed by atoms with van der Waals surface area (Å²) in [6.07, 6.45) is 1.59. The van der Waals surface area contributed by atoms with Crippen molar-refractivity contribution < 1.29 is 13.9 Å². The average molecular weight is 504 g/mol. The molecular weight excluding hydrogens is 482 g/mol. The zero-order chi connectivity index (χ0) is 24.2. The van der Waals surface area contributed by atoms with Crippen molar-refractivity contribution in [1.82, 2.24) is 19.7 Å². The van der Waals surface area contributed by atoms with E-state index in [1.165, 1.54) is 23.1 Å². The molecule has 176 valence electrons. The molecule has 0 saturated carbocycles. The van der Waals surface area contributed by atoms with Gasteiger partial charge in [0.2, 0.25) is 11.7 Å². The lowest BCUT2D eigenvalue weighted by molar-refractivity contribution is -0.113. The molecule has 0 saturated heterocycles. The summed E-state index contributed by atoms with van der Waals surface area (Å²) in [6, 6.07) is 19.3. The summed E-state index contributed by atoms with van der Waals surface area (Å²) in [5, 5.41) is 14.5. The van der Waals surface area contributed by atoms with Gasteiger partial charge in [-0.2, -0.15) is 0 Å². The first-order valence-electron chi connectivity index (χ1n) is 10.7. The standard InChI is InChI=1S/C25H21N5O3S2/c1-16-8-10-18(11-9-16)30-23(21-7-4-12-33-21)28-29-25(30)35-15-22(31)27-24-26-20(14-34-24)17-5-3-6-19(13-17)32-2/h3-14H,15H2,1-2H3,(H,26,27,31). The highest BCUT2D eigenvalue weighted by Crippen LogP contribution is 2.30. The van der Waals surface area contributed by atoms with Gasteiger partial charge in [0.1, 0.15) is 5.75 Å². The van der Waals surface area contributed by atoms with Crippen LogP contribution in [0, 0.1) is 6.92 Å². The minimum Gasteiger partial charge on any atom is -0.497 e. The number of aromatic nitrogens is 4. The Balaban J connectivity index is 1.30. The van der Waals surface area contributed by atoms with E-state index >= 15 is 0 Å². The Morgan fingerprint density at radius 2 is 2.00 bits per heavy atom. The molecule has 2 aromatic carbocycles. The number of ether oxygens (including phenoxy) is 1. The van der Waals surface area contributed by atoms with Gasteiger partial charge in [0, 0.05) is 16.6 Å². The summed E-state index contributed by atoms with van der Waals surface area (Å²) in [7, 11) is 1.63. The van der Waals surface area contributed by atoms with Gasteiger partial charge in [-0.3, -0.25) is 9.36 Å². The van der Waals surface area contributed by atoms with E-state index in [0.717, 1.165) is 28.3 Å². The van der Waals surface area contributed by atoms with E-state index in [1.54, 1.807) is 19.4 Å². The van der Waals surface area contributed by atoms with E-state index < -0.39 is 0 Å². The number of thioether (sulfide) groups is 1. The molecule has 0 aliphatic heterocycles. The minimum atomic E-state index is -0.181. The zero-order valence-electron chi connectivity index (χ0n) is 19.0. The monoisotopic (exact) mass is 503 g/mol. The number of carbonyl (C=O) groups is 1. The normalized spacial score (nSPS) is 10.9. The second-order valence-corrected chi connectivity index (χ2v) is 9.36. The first-order chi connectivity index (χ1) is 17.1. The molecule has 0 bridgehead atoms. The summed E-state index contributed by atoms with van der Waals surface area (Å²) in [4.78, 5) is 17.2. The van der Waals surface area contributed by atoms with Gasteiger partial charge in [0.25, 0.3) is 0 Å². The summed E-state index contributed by atoms with van der Waals surface area (Å²) in [6.45, 7) is 2.03. The fourth-order valence-corrected chi connectivity index (χ4v) is 4.87. The molecule has 5 rings (SSSR count). The third-order valence-electron chi connectivity index (χ3n) is 5.12. The zero-order valence-corrected chi connectivity index (χ0v) is 20.6. The van der Waals surface area contributed by atoms with Crippen LogP contribution in [0.2, 0.25) is 0 Å². The maximum Gasteiger partial charge on any atom is 0.236 e. The fraction of sp³-hybridized carbons (Fsp3) is 0.120. The molecule has 1 N–H and O–H groups in total. The molecule has 3 heterocycles. The van der Waals surface area contributed by atoms with Gasteiger partial charge in [-0.05, 0) is 43.3 Å². The van der Waals surface area contributed by atoms with Gasteiger partial charge in [0.15, 0.2) is 16.0 Å². The largest absolute Gasteiger partial charge is 0.497 e. The van der Waals surface area contributed by atoms with Crippen LogP contribution in [0.1, 0.15) is 5.56 Å². The van der Waals surface area contributed by atoms with E-state index in [-0.39, 0.29) is 11.7 Å². The highest BCUT2D eigenvalue weighted by molar-refractivity contribution is 7.99. The number of rotatable bonds is 8. The Kier molecular flexibility index (Phi) is 6.64. The van der Waals surface area contributed by atoms with Crippen LogP contribution in [0.25, 0.3) is 28.5 Å². The highest BCUT2D eigenvalue weighted by atomic mass is 32.2. The SMILES string of the molecule is COc1cccc(-c2csc(NC(=O)CSc3nnc(-c4ccco4)n3-c3ccc(C)cc3)n2)c1. The Morgan fingerprint density at radius 1 is 1.14 bits per heavy atom. The van der Waals surface area contributed by atoms with Gasteiger partial charge in [-0.15, -0.1) is 21.5 Å². The molecule has 1 amide bonds. The first-order valence-corrected chi connectivity index (χ1v) is 12.6. The van der Waals surface area contributed by atoms with Crippen LogP contribution in [-0.4, -0.2) is 38.5 Å². The van der Waals surface area contributed by atoms with E-state index in [0.29, 0.717) is 21.9 Å². The van der Waals surface area contributed by atoms with Gasteiger partial charge >= 0.3 is 0 Å². The molecule has 5 aromatic rings. The van der Waals surface area contributed by atoms with Crippen LogP contribution in [0.15, 0.2) is 81.9 Å². The Hall–Kier alpha value is -3.89. The van der Waals surface area contributed by atoms with Crippen molar-refractivity contribution in [1.29, 1.82) is 0 Å². The second kappa shape index (κ2) is 10.2. The van der Waals surface area contributed by atoms with Crippen molar-refractivity contribution in [3.05, 3.63) is 77.9 Å². The molecular formula is C25H21N5O3S2. The van der Waals surface area contributed by atoms with Crippen LogP contribution in [0.5, 0.6) is 5.75 Å². The smallest absolute Gasteiger partial charge is 0.236 e. The summed E-state index contributed by atoms with van der Waals surface area (Å²) < 4.78 is 12.7. The molecule has 3 aromatic heterocycles. The van der Waals surface area contributed by atoms with Gasteiger partial charge in [0.05, 0.1) is 24.8 Å². The number of amides is 1. The fourth-order valence-electron chi connectivity index (χ4n) is 3.39. The predicted octanol–water partition coefficient (Wildman–Crippen LogP) is 5.70. The third-order valence-corrected chi connectivity index (χ3v) is 6.80. The molecule has 0 atom stereocenters. The quantitative estimate of drug-likeness (QED) is 0.271. The van der Waals surface area contributed by atoms with Crippen LogP contribution in [0.4, 0.5) is 5.13 Å². The summed E-state index contributed by atoms with van der Waals surface area (Å²) in [5.41, 5.74) is 3.73. The number of aryl methyl sites for hydroxylation is 1. The van der Waals surface area contributed by atoms with Gasteiger partial charge in [-0.1, -0.05) is 41.6 Å². The number of carbonyl (C=O) groups excluding carboxylic acids is 1. The van der Waals surface area contributed by atoms with Crippen molar-refractivity contribution in [3.63, 3.8) is 0 Å². The minimum absolute atomic E-state index is 0.149. The first kappa shape index (κ1) is 22.9. The lowest BCUT2D eigenvalue weighted by atomic mass is 10.2. The number of hydrogen-bond donors (Lipinski definition) is 1. The van der Waals surface area contributed by atoms with Crippen molar-refractivity contribution >= 4 is 34.1 Å². The average Bonchev–Trinajstić information content (AvgIpc) is 3.64. The molecule has 35 heavy (non-hydrogen) atoms. The second-order valence-electron chi connectivity index (χ2n) is 7.56. The van der Waals surface area contributed by atoms with Crippen molar-refractivity contribution in [2.75, 3.05) is 18.2 Å². The lowest BCUT2D eigenvalue weighted by Crippen LogP contribution is -2.14. The molecule has 0 aliphatic rings. The van der Waals surface area contributed by atoms with E-state index in [4.69, 9.17) is 9.15 Å². The number of furan rings is 1. The van der Waals surface area contributed by atoms with Gasteiger partial charge < -0.3 is 14.5 Å². The molecule has 0 fully saturated rings. The maximum atomic E-state index is 12.7. The number of nitrogens with zero attached hydrogens (tertiary/aromatic N) is 4. The van der Waals surface area contributed by atoms with Crippen molar-refractivity contribution in [2.24, 2.45) is 0 Å². The molecule has 0 aliphatic carbocycles. The maximum absolute atomic E-state index is 12.7. The number of methoxy groups -OCH3 is 1. The van der Waals surface area contributed by atoms with Crippen LogP contribution in [0.3, 0.4) is 0 Å². The number of thiazole rings is 1. The topological polar surface area (TPSA) is 95.1 Å². The van der Waals surface area contributed by atoms with E-state index in [9.17, 15) is 4.79 Å². The van der Waals surface area contributed by atoms with Gasteiger partial charge in [-0.25, -0.2) is 4.98 Å². The Bertz CT molecular complexity index is 1440. The molecule has 0 radical (unpaired) electrons. The molecule has 0 spiro atoms. The van der Waals surface area contributed by atoms with E-state index in [2.05, 4.69) is 20.5 Å². The number of nitrogens with one attached hydrogen (secondary N) is 1. The Morgan fingerprint density at radius 3 is 2.77 bits per heavy atom. The Labute approximate surface area is 210 Å². The molecule has 8 nitrogen and oxygen atoms in total. The van der Waals surface area contributed by atoms with Crippen molar-refractivity contribution in [3.8, 4) is 34.3 Å². The summed E-state index contributed by atoms with van der Waals surface area (Å²) in [5.74, 6) is 1.89. The van der Waals surface area contributed by atoms with E-state index in [1.807, 2.05) is 71.5 Å². The van der Waals surface area contributed by atoms with Crippen LogP contribution >= 0.6 is 23.1 Å². The number of hydrogen-bond acceptors (Lipinski definition) is 8. The number of benzene rings is 2. The predicted molar refractivity (Wildman–Crippen MR) is 137 cm³/mol. The van der Waals surface area contributed by atoms with Crippen LogP contribution < -0.4 is 10.1 Å². The molecule has 10 heteroatoms. The lowest BCUT2D eigenvalue weighted by Gasteiger charge is -2.09. The van der Waals surface area contributed by atoms with Crippen molar-refractivity contribution in [2.45, 2.75) is 12.1 Å². The highest BCUT2D eigenvalue weighted by Gasteiger charge is 2.19.